The standard InChI is InChI=1S/C11H12ClN3O/c1-15-6-5-13-11(15)14-10-7-8(16-2)3-4-9(10)12/h3-7H,1-2H3,(H,13,14). The Labute approximate surface area is 98.8 Å². The Bertz CT molecular complexity index is 496. The number of rotatable bonds is 3. The third-order valence-electron chi connectivity index (χ3n) is 2.24. The predicted octanol–water partition coefficient (Wildman–Crippen LogP) is 2.83. The lowest BCUT2D eigenvalue weighted by atomic mass is 10.3. The van der Waals surface area contributed by atoms with Crippen LogP contribution >= 0.6 is 11.6 Å². The van der Waals surface area contributed by atoms with E-state index in [-0.39, 0.29) is 0 Å². The lowest BCUT2D eigenvalue weighted by molar-refractivity contribution is 0.415. The van der Waals surface area contributed by atoms with E-state index in [2.05, 4.69) is 10.3 Å². The summed E-state index contributed by atoms with van der Waals surface area (Å²) in [6.45, 7) is 0. The molecule has 0 unspecified atom stereocenters. The molecule has 16 heavy (non-hydrogen) atoms. The number of benzene rings is 1. The van der Waals surface area contributed by atoms with Crippen molar-refractivity contribution in [2.24, 2.45) is 7.05 Å². The average molecular weight is 238 g/mol. The maximum absolute atomic E-state index is 6.07. The smallest absolute Gasteiger partial charge is 0.207 e. The predicted molar refractivity (Wildman–Crippen MR) is 64.5 cm³/mol. The zero-order chi connectivity index (χ0) is 11.5. The van der Waals surface area contributed by atoms with Gasteiger partial charge >= 0.3 is 0 Å². The zero-order valence-electron chi connectivity index (χ0n) is 9.07. The Morgan fingerprint density at radius 1 is 1.44 bits per heavy atom. The van der Waals surface area contributed by atoms with E-state index in [1.165, 1.54) is 0 Å². The van der Waals surface area contributed by atoms with Gasteiger partial charge < -0.3 is 14.6 Å². The van der Waals surface area contributed by atoms with Crippen molar-refractivity contribution in [1.29, 1.82) is 0 Å². The van der Waals surface area contributed by atoms with Crippen molar-refractivity contribution in [3.8, 4) is 5.75 Å². The summed E-state index contributed by atoms with van der Waals surface area (Å²) in [4.78, 5) is 4.16. The van der Waals surface area contributed by atoms with E-state index in [0.717, 1.165) is 17.4 Å². The molecular formula is C11H12ClN3O. The normalized spacial score (nSPS) is 10.2. The topological polar surface area (TPSA) is 39.1 Å². The van der Waals surface area contributed by atoms with E-state index in [0.29, 0.717) is 5.02 Å². The van der Waals surface area contributed by atoms with Gasteiger partial charge in [0.05, 0.1) is 17.8 Å². The second kappa shape index (κ2) is 4.45. The molecule has 0 aliphatic rings. The van der Waals surface area contributed by atoms with Crippen LogP contribution in [-0.2, 0) is 7.05 Å². The van der Waals surface area contributed by atoms with Gasteiger partial charge in [0.1, 0.15) is 5.75 Å². The largest absolute Gasteiger partial charge is 0.497 e. The first-order valence-corrected chi connectivity index (χ1v) is 5.16. The molecule has 5 heteroatoms. The summed E-state index contributed by atoms with van der Waals surface area (Å²) in [7, 11) is 3.52. The fraction of sp³-hybridized carbons (Fsp3) is 0.182. The molecule has 2 rings (SSSR count). The van der Waals surface area contributed by atoms with Crippen molar-refractivity contribution in [2.75, 3.05) is 12.4 Å². The summed E-state index contributed by atoms with van der Waals surface area (Å²) in [6.07, 6.45) is 3.58. The molecule has 0 saturated heterocycles. The van der Waals surface area contributed by atoms with Crippen molar-refractivity contribution in [2.45, 2.75) is 0 Å². The Hall–Kier alpha value is -1.68. The molecule has 1 aromatic carbocycles. The maximum atomic E-state index is 6.07. The molecule has 0 atom stereocenters. The molecule has 0 spiro atoms. The van der Waals surface area contributed by atoms with Gasteiger partial charge in [-0.1, -0.05) is 11.6 Å². The van der Waals surface area contributed by atoms with Crippen LogP contribution in [0.4, 0.5) is 11.6 Å². The lowest BCUT2D eigenvalue weighted by Crippen LogP contribution is -1.99. The van der Waals surface area contributed by atoms with E-state index in [9.17, 15) is 0 Å². The van der Waals surface area contributed by atoms with Crippen molar-refractivity contribution in [3.05, 3.63) is 35.6 Å². The van der Waals surface area contributed by atoms with E-state index in [1.54, 1.807) is 19.4 Å². The number of aromatic nitrogens is 2. The number of ether oxygens (including phenoxy) is 1. The van der Waals surface area contributed by atoms with Crippen LogP contribution < -0.4 is 10.1 Å². The summed E-state index contributed by atoms with van der Waals surface area (Å²) < 4.78 is 7.00. The summed E-state index contributed by atoms with van der Waals surface area (Å²) >= 11 is 6.07. The SMILES string of the molecule is COc1ccc(Cl)c(Nc2nccn2C)c1. The van der Waals surface area contributed by atoms with Gasteiger partial charge in [-0.3, -0.25) is 0 Å². The van der Waals surface area contributed by atoms with Crippen LogP contribution in [0.5, 0.6) is 5.75 Å². The first kappa shape index (κ1) is 10.8. The Morgan fingerprint density at radius 2 is 2.25 bits per heavy atom. The number of aryl methyl sites for hydroxylation is 1. The minimum Gasteiger partial charge on any atom is -0.497 e. The van der Waals surface area contributed by atoms with Gasteiger partial charge in [0.25, 0.3) is 0 Å². The van der Waals surface area contributed by atoms with Gasteiger partial charge in [-0.25, -0.2) is 4.98 Å². The van der Waals surface area contributed by atoms with Gasteiger partial charge in [0, 0.05) is 25.5 Å². The van der Waals surface area contributed by atoms with Crippen LogP contribution in [0.25, 0.3) is 0 Å². The molecule has 4 nitrogen and oxygen atoms in total. The third-order valence-corrected chi connectivity index (χ3v) is 2.57. The van der Waals surface area contributed by atoms with Crippen molar-refractivity contribution in [3.63, 3.8) is 0 Å². The van der Waals surface area contributed by atoms with Gasteiger partial charge in [-0.05, 0) is 12.1 Å². The fourth-order valence-corrected chi connectivity index (χ4v) is 1.50. The van der Waals surface area contributed by atoms with Crippen LogP contribution in [0, 0.1) is 0 Å². The maximum Gasteiger partial charge on any atom is 0.207 e. The molecule has 2 aromatic rings. The minimum absolute atomic E-state index is 0.629. The monoisotopic (exact) mass is 237 g/mol. The van der Waals surface area contributed by atoms with Crippen molar-refractivity contribution >= 4 is 23.2 Å². The molecule has 1 N–H and O–H groups in total. The molecule has 84 valence electrons. The third kappa shape index (κ3) is 2.12. The van der Waals surface area contributed by atoms with Gasteiger partial charge in [0.15, 0.2) is 0 Å². The Kier molecular flexibility index (Phi) is 3.01. The van der Waals surface area contributed by atoms with Gasteiger partial charge in [-0.15, -0.1) is 0 Å². The molecule has 0 radical (unpaired) electrons. The zero-order valence-corrected chi connectivity index (χ0v) is 9.82. The summed E-state index contributed by atoms with van der Waals surface area (Å²) in [5.74, 6) is 1.48. The molecule has 1 heterocycles. The Balaban J connectivity index is 2.30. The molecule has 0 aliphatic carbocycles. The second-order valence-electron chi connectivity index (χ2n) is 3.33. The van der Waals surface area contributed by atoms with Crippen molar-refractivity contribution in [1.82, 2.24) is 9.55 Å². The van der Waals surface area contributed by atoms with E-state index in [4.69, 9.17) is 16.3 Å². The van der Waals surface area contributed by atoms with E-state index in [1.807, 2.05) is 29.9 Å². The number of imidazole rings is 1. The minimum atomic E-state index is 0.629. The molecule has 0 bridgehead atoms. The number of nitrogens with one attached hydrogen (secondary N) is 1. The van der Waals surface area contributed by atoms with E-state index >= 15 is 0 Å². The lowest BCUT2D eigenvalue weighted by Gasteiger charge is -2.09. The highest BCUT2D eigenvalue weighted by Crippen LogP contribution is 2.28. The summed E-state index contributed by atoms with van der Waals surface area (Å²) in [5, 5.41) is 3.76. The van der Waals surface area contributed by atoms with Crippen LogP contribution in [0.1, 0.15) is 0 Å². The highest BCUT2D eigenvalue weighted by Gasteiger charge is 2.05. The fourth-order valence-electron chi connectivity index (χ4n) is 1.33. The number of hydrogen-bond donors (Lipinski definition) is 1. The van der Waals surface area contributed by atoms with Gasteiger partial charge in [-0.2, -0.15) is 0 Å². The Morgan fingerprint density at radius 3 is 2.88 bits per heavy atom. The molecule has 0 fully saturated rings. The van der Waals surface area contributed by atoms with Crippen molar-refractivity contribution < 1.29 is 4.74 Å². The highest BCUT2D eigenvalue weighted by molar-refractivity contribution is 6.33. The molecule has 1 aromatic heterocycles. The second-order valence-corrected chi connectivity index (χ2v) is 3.74. The number of anilines is 2. The molecule has 0 saturated carbocycles. The van der Waals surface area contributed by atoms with E-state index < -0.39 is 0 Å². The number of methoxy groups -OCH3 is 1. The molecule has 0 amide bonds. The van der Waals surface area contributed by atoms with Crippen LogP contribution in [0.2, 0.25) is 5.02 Å². The molecular weight excluding hydrogens is 226 g/mol. The quantitative estimate of drug-likeness (QED) is 0.892. The highest BCUT2D eigenvalue weighted by atomic mass is 35.5. The van der Waals surface area contributed by atoms with Crippen LogP contribution in [0.3, 0.4) is 0 Å². The van der Waals surface area contributed by atoms with Crippen LogP contribution in [0.15, 0.2) is 30.6 Å². The number of nitrogens with zero attached hydrogens (tertiary/aromatic N) is 2. The first-order chi connectivity index (χ1) is 7.70. The van der Waals surface area contributed by atoms with Crippen LogP contribution in [-0.4, -0.2) is 16.7 Å². The first-order valence-electron chi connectivity index (χ1n) is 4.78. The molecule has 0 aliphatic heterocycles. The number of halogens is 1. The summed E-state index contributed by atoms with van der Waals surface area (Å²) in [6, 6.07) is 5.43. The van der Waals surface area contributed by atoms with Gasteiger partial charge in [0.2, 0.25) is 5.95 Å². The number of hydrogen-bond acceptors (Lipinski definition) is 3. The summed E-state index contributed by atoms with van der Waals surface area (Å²) in [5.41, 5.74) is 0.773. The average Bonchev–Trinajstić information content (AvgIpc) is 2.68.